The fourth-order valence-corrected chi connectivity index (χ4v) is 6.01. The summed E-state index contributed by atoms with van der Waals surface area (Å²) in [7, 11) is -3.71. The topological polar surface area (TPSA) is 85.4 Å². The first-order valence-electron chi connectivity index (χ1n) is 11.0. The summed E-state index contributed by atoms with van der Waals surface area (Å²) in [4.78, 5) is 15.0. The standard InChI is InChI=1S/C23H25ClN2O6S/c24-18-2-4-20-16(13-18)12-17(15-32-20)23(27)25-6-8-26(9-7-25)33(28,29)19-3-5-21-22(14-19)31-11-1-10-30-21/h2-5,13-14,17H,1,6-12,15H2. The maximum atomic E-state index is 13.2. The number of carbonyl (C=O) groups is 1. The van der Waals surface area contributed by atoms with Crippen LogP contribution in [-0.2, 0) is 21.2 Å². The monoisotopic (exact) mass is 492 g/mol. The normalized spacial score (nSPS) is 21.0. The summed E-state index contributed by atoms with van der Waals surface area (Å²) >= 11 is 6.08. The molecule has 33 heavy (non-hydrogen) atoms. The highest BCUT2D eigenvalue weighted by Crippen LogP contribution is 2.34. The van der Waals surface area contributed by atoms with Gasteiger partial charge in [0.1, 0.15) is 12.4 Å². The zero-order valence-electron chi connectivity index (χ0n) is 18.0. The number of hydrogen-bond donors (Lipinski definition) is 0. The van der Waals surface area contributed by atoms with E-state index in [1.807, 2.05) is 12.1 Å². The number of halogens is 1. The van der Waals surface area contributed by atoms with Crippen molar-refractivity contribution in [2.45, 2.75) is 17.7 Å². The number of carbonyl (C=O) groups excluding carboxylic acids is 1. The molecule has 1 atom stereocenters. The van der Waals surface area contributed by atoms with E-state index in [0.29, 0.717) is 55.9 Å². The van der Waals surface area contributed by atoms with Crippen LogP contribution in [0.2, 0.25) is 5.02 Å². The molecule has 0 aromatic heterocycles. The Morgan fingerprint density at radius 1 is 0.909 bits per heavy atom. The van der Waals surface area contributed by atoms with E-state index in [9.17, 15) is 13.2 Å². The molecule has 2 aromatic rings. The van der Waals surface area contributed by atoms with E-state index in [2.05, 4.69) is 0 Å². The molecular weight excluding hydrogens is 468 g/mol. The van der Waals surface area contributed by atoms with Crippen molar-refractivity contribution in [2.75, 3.05) is 46.0 Å². The number of fused-ring (bicyclic) bond motifs is 2. The Labute approximate surface area is 198 Å². The molecule has 1 amide bonds. The molecule has 8 nitrogen and oxygen atoms in total. The highest BCUT2D eigenvalue weighted by molar-refractivity contribution is 7.89. The van der Waals surface area contributed by atoms with Gasteiger partial charge in [0.25, 0.3) is 0 Å². The van der Waals surface area contributed by atoms with E-state index in [1.54, 1.807) is 23.1 Å². The van der Waals surface area contributed by atoms with E-state index >= 15 is 0 Å². The zero-order valence-corrected chi connectivity index (χ0v) is 19.6. The van der Waals surface area contributed by atoms with E-state index in [-0.39, 0.29) is 29.8 Å². The van der Waals surface area contributed by atoms with Gasteiger partial charge in [0.05, 0.1) is 24.0 Å². The fourth-order valence-electron chi connectivity index (χ4n) is 4.38. The molecule has 5 rings (SSSR count). The maximum Gasteiger partial charge on any atom is 0.243 e. The van der Waals surface area contributed by atoms with Crippen LogP contribution in [0, 0.1) is 5.92 Å². The number of sulfonamides is 1. The summed E-state index contributed by atoms with van der Waals surface area (Å²) in [6.07, 6.45) is 1.31. The summed E-state index contributed by atoms with van der Waals surface area (Å²) in [5.74, 6) is 1.43. The lowest BCUT2D eigenvalue weighted by Crippen LogP contribution is -2.52. The van der Waals surface area contributed by atoms with Crippen LogP contribution in [0.5, 0.6) is 17.2 Å². The van der Waals surface area contributed by atoms with Crippen LogP contribution in [0.1, 0.15) is 12.0 Å². The van der Waals surface area contributed by atoms with Crippen LogP contribution in [-0.4, -0.2) is 69.5 Å². The van der Waals surface area contributed by atoms with Crippen LogP contribution < -0.4 is 14.2 Å². The van der Waals surface area contributed by atoms with Crippen molar-refractivity contribution in [2.24, 2.45) is 5.92 Å². The highest BCUT2D eigenvalue weighted by Gasteiger charge is 2.35. The first-order valence-corrected chi connectivity index (χ1v) is 12.8. The SMILES string of the molecule is O=C(C1COc2ccc(Cl)cc2C1)N1CCN(S(=O)(=O)c2ccc3c(c2)OCCCO3)CC1. The van der Waals surface area contributed by atoms with Gasteiger partial charge in [-0.15, -0.1) is 0 Å². The maximum absolute atomic E-state index is 13.2. The fraction of sp³-hybridized carbons (Fsp3) is 0.435. The third kappa shape index (κ3) is 4.49. The third-order valence-electron chi connectivity index (χ3n) is 6.19. The number of ether oxygens (including phenoxy) is 3. The molecule has 176 valence electrons. The van der Waals surface area contributed by atoms with Gasteiger partial charge in [0.2, 0.25) is 15.9 Å². The average Bonchev–Trinajstić information content (AvgIpc) is 3.08. The van der Waals surface area contributed by atoms with Crippen molar-refractivity contribution in [3.05, 3.63) is 47.0 Å². The average molecular weight is 493 g/mol. The summed E-state index contributed by atoms with van der Waals surface area (Å²) in [6, 6.07) is 10.1. The molecule has 3 aliphatic heterocycles. The smallest absolute Gasteiger partial charge is 0.243 e. The van der Waals surface area contributed by atoms with Gasteiger partial charge in [0, 0.05) is 43.7 Å². The third-order valence-corrected chi connectivity index (χ3v) is 8.31. The first kappa shape index (κ1) is 22.3. The second-order valence-corrected chi connectivity index (χ2v) is 10.7. The van der Waals surface area contributed by atoms with Gasteiger partial charge < -0.3 is 19.1 Å². The molecule has 1 fully saturated rings. The van der Waals surface area contributed by atoms with Crippen molar-refractivity contribution in [1.82, 2.24) is 9.21 Å². The molecule has 3 heterocycles. The Morgan fingerprint density at radius 2 is 1.64 bits per heavy atom. The predicted octanol–water partition coefficient (Wildman–Crippen LogP) is 2.59. The lowest BCUT2D eigenvalue weighted by Gasteiger charge is -2.36. The van der Waals surface area contributed by atoms with Crippen LogP contribution in [0.15, 0.2) is 41.3 Å². The number of hydrogen-bond acceptors (Lipinski definition) is 6. The van der Waals surface area contributed by atoms with Crippen molar-refractivity contribution in [3.63, 3.8) is 0 Å². The molecule has 2 aromatic carbocycles. The Morgan fingerprint density at radius 3 is 2.42 bits per heavy atom. The predicted molar refractivity (Wildman–Crippen MR) is 122 cm³/mol. The Kier molecular flexibility index (Phi) is 6.11. The van der Waals surface area contributed by atoms with Crippen molar-refractivity contribution < 1.29 is 27.4 Å². The molecule has 0 spiro atoms. The lowest BCUT2D eigenvalue weighted by atomic mass is 9.95. The quantitative estimate of drug-likeness (QED) is 0.654. The number of rotatable bonds is 3. The van der Waals surface area contributed by atoms with E-state index < -0.39 is 10.0 Å². The Balaban J connectivity index is 1.23. The largest absolute Gasteiger partial charge is 0.492 e. The molecule has 10 heteroatoms. The Hall–Kier alpha value is -2.49. The second-order valence-electron chi connectivity index (χ2n) is 8.35. The summed E-state index contributed by atoms with van der Waals surface area (Å²) < 4.78 is 44.8. The van der Waals surface area contributed by atoms with Crippen LogP contribution >= 0.6 is 11.6 Å². The van der Waals surface area contributed by atoms with Gasteiger partial charge in [0.15, 0.2) is 11.5 Å². The van der Waals surface area contributed by atoms with Gasteiger partial charge in [-0.3, -0.25) is 4.79 Å². The molecule has 0 bridgehead atoms. The molecule has 0 N–H and O–H groups in total. The number of piperazine rings is 1. The van der Waals surface area contributed by atoms with Gasteiger partial charge in [-0.25, -0.2) is 8.42 Å². The van der Waals surface area contributed by atoms with Crippen molar-refractivity contribution in [3.8, 4) is 17.2 Å². The summed E-state index contributed by atoms with van der Waals surface area (Å²) in [5.41, 5.74) is 0.919. The number of benzene rings is 2. The minimum absolute atomic E-state index is 0.0201. The molecule has 1 unspecified atom stereocenters. The lowest BCUT2D eigenvalue weighted by molar-refractivity contribution is -0.138. The number of amides is 1. The summed E-state index contributed by atoms with van der Waals surface area (Å²) in [6.45, 7) is 2.47. The zero-order chi connectivity index (χ0) is 23.0. The van der Waals surface area contributed by atoms with Crippen LogP contribution in [0.4, 0.5) is 0 Å². The van der Waals surface area contributed by atoms with Crippen LogP contribution in [0.3, 0.4) is 0 Å². The van der Waals surface area contributed by atoms with Gasteiger partial charge in [-0.05, 0) is 42.3 Å². The molecule has 3 aliphatic rings. The van der Waals surface area contributed by atoms with Gasteiger partial charge in [-0.1, -0.05) is 11.6 Å². The number of nitrogens with zero attached hydrogens (tertiary/aromatic N) is 2. The molecule has 1 saturated heterocycles. The Bertz CT molecular complexity index is 1160. The van der Waals surface area contributed by atoms with Gasteiger partial charge in [-0.2, -0.15) is 4.31 Å². The van der Waals surface area contributed by atoms with E-state index in [0.717, 1.165) is 17.7 Å². The summed E-state index contributed by atoms with van der Waals surface area (Å²) in [5, 5.41) is 0.610. The molecule has 0 radical (unpaired) electrons. The van der Waals surface area contributed by atoms with Gasteiger partial charge >= 0.3 is 0 Å². The molecular formula is C23H25ClN2O6S. The molecule has 0 aliphatic carbocycles. The van der Waals surface area contributed by atoms with Crippen molar-refractivity contribution in [1.29, 1.82) is 0 Å². The van der Waals surface area contributed by atoms with Crippen molar-refractivity contribution >= 4 is 27.5 Å². The minimum Gasteiger partial charge on any atom is -0.492 e. The first-order chi connectivity index (χ1) is 15.9. The van der Waals surface area contributed by atoms with E-state index in [4.69, 9.17) is 25.8 Å². The molecule has 0 saturated carbocycles. The highest BCUT2D eigenvalue weighted by atomic mass is 35.5. The van der Waals surface area contributed by atoms with E-state index in [1.165, 1.54) is 10.4 Å². The second kappa shape index (κ2) is 9.04. The minimum atomic E-state index is -3.71. The van der Waals surface area contributed by atoms with Crippen LogP contribution in [0.25, 0.3) is 0 Å².